The topological polar surface area (TPSA) is 48.7 Å². The molecule has 1 aromatic heterocycles. The van der Waals surface area contributed by atoms with Crippen LogP contribution in [0.3, 0.4) is 0 Å². The van der Waals surface area contributed by atoms with Gasteiger partial charge in [-0.15, -0.1) is 0 Å². The predicted molar refractivity (Wildman–Crippen MR) is 76.3 cm³/mol. The number of carbonyl (C=O) groups is 1. The molecule has 2 aromatic carbocycles. The molecule has 0 aliphatic heterocycles. The molecule has 0 saturated carbocycles. The van der Waals surface area contributed by atoms with Crippen LogP contribution in [0.2, 0.25) is 0 Å². The highest BCUT2D eigenvalue weighted by atomic mass is 16.5. The summed E-state index contributed by atoms with van der Waals surface area (Å²) in [6.07, 6.45) is 0. The molecule has 1 heterocycles. The summed E-state index contributed by atoms with van der Waals surface area (Å²) in [4.78, 5) is 11.4. The SMILES string of the molecule is COc1ccc2c(OC(C)=O)c3cc(C)oc3cc2c1. The van der Waals surface area contributed by atoms with Crippen molar-refractivity contribution in [1.82, 2.24) is 0 Å². The number of benzene rings is 2. The van der Waals surface area contributed by atoms with Crippen LogP contribution < -0.4 is 9.47 Å². The van der Waals surface area contributed by atoms with E-state index in [1.165, 1.54) is 6.92 Å². The zero-order valence-corrected chi connectivity index (χ0v) is 11.5. The van der Waals surface area contributed by atoms with Gasteiger partial charge in [-0.25, -0.2) is 0 Å². The van der Waals surface area contributed by atoms with Crippen molar-refractivity contribution < 1.29 is 18.7 Å². The molecule has 0 unspecified atom stereocenters. The summed E-state index contributed by atoms with van der Waals surface area (Å²) in [5, 5.41) is 2.56. The van der Waals surface area contributed by atoms with E-state index in [1.807, 2.05) is 37.3 Å². The number of hydrogen-bond donors (Lipinski definition) is 0. The molecule has 0 aliphatic carbocycles. The Morgan fingerprint density at radius 3 is 2.65 bits per heavy atom. The monoisotopic (exact) mass is 270 g/mol. The lowest BCUT2D eigenvalue weighted by Gasteiger charge is -2.09. The number of ether oxygens (including phenoxy) is 2. The lowest BCUT2D eigenvalue weighted by Crippen LogP contribution is -2.02. The van der Waals surface area contributed by atoms with Crippen molar-refractivity contribution >= 4 is 27.7 Å². The minimum atomic E-state index is -0.353. The highest BCUT2D eigenvalue weighted by Crippen LogP contribution is 2.38. The molecule has 0 aliphatic rings. The lowest BCUT2D eigenvalue weighted by molar-refractivity contribution is -0.131. The van der Waals surface area contributed by atoms with E-state index < -0.39 is 0 Å². The molecular formula is C16H14O4. The normalized spacial score (nSPS) is 10.9. The van der Waals surface area contributed by atoms with E-state index in [4.69, 9.17) is 13.9 Å². The molecule has 0 radical (unpaired) electrons. The van der Waals surface area contributed by atoms with Crippen LogP contribution in [0.5, 0.6) is 11.5 Å². The zero-order chi connectivity index (χ0) is 14.3. The summed E-state index contributed by atoms with van der Waals surface area (Å²) < 4.78 is 16.2. The van der Waals surface area contributed by atoms with Gasteiger partial charge in [0.05, 0.1) is 12.5 Å². The standard InChI is InChI=1S/C16H14O4/c1-9-6-14-15(19-9)8-11-7-12(18-3)4-5-13(11)16(14)20-10(2)17/h4-8H,1-3H3. The summed E-state index contributed by atoms with van der Waals surface area (Å²) >= 11 is 0. The minimum Gasteiger partial charge on any atom is -0.497 e. The Balaban J connectivity index is 2.39. The quantitative estimate of drug-likeness (QED) is 0.524. The first-order valence-corrected chi connectivity index (χ1v) is 6.28. The number of rotatable bonds is 2. The van der Waals surface area contributed by atoms with E-state index in [0.717, 1.165) is 27.7 Å². The number of methoxy groups -OCH3 is 1. The van der Waals surface area contributed by atoms with Gasteiger partial charge < -0.3 is 13.9 Å². The van der Waals surface area contributed by atoms with E-state index in [9.17, 15) is 4.79 Å². The summed E-state index contributed by atoms with van der Waals surface area (Å²) in [5.41, 5.74) is 0.694. The first-order valence-electron chi connectivity index (χ1n) is 6.28. The highest BCUT2D eigenvalue weighted by Gasteiger charge is 2.14. The fourth-order valence-corrected chi connectivity index (χ4v) is 2.35. The van der Waals surface area contributed by atoms with Gasteiger partial charge in [0.1, 0.15) is 22.8 Å². The third-order valence-electron chi connectivity index (χ3n) is 3.16. The van der Waals surface area contributed by atoms with E-state index in [1.54, 1.807) is 7.11 Å². The molecule has 0 atom stereocenters. The third-order valence-corrected chi connectivity index (χ3v) is 3.16. The van der Waals surface area contributed by atoms with Crippen molar-refractivity contribution in [2.75, 3.05) is 7.11 Å². The van der Waals surface area contributed by atoms with Crippen LogP contribution in [0.25, 0.3) is 21.7 Å². The molecule has 3 rings (SSSR count). The average molecular weight is 270 g/mol. The number of carbonyl (C=O) groups excluding carboxylic acids is 1. The van der Waals surface area contributed by atoms with Crippen molar-refractivity contribution in [3.8, 4) is 11.5 Å². The lowest BCUT2D eigenvalue weighted by atomic mass is 10.1. The van der Waals surface area contributed by atoms with Crippen molar-refractivity contribution in [3.63, 3.8) is 0 Å². The molecule has 0 N–H and O–H groups in total. The van der Waals surface area contributed by atoms with E-state index >= 15 is 0 Å². The first kappa shape index (κ1) is 12.5. The second-order valence-corrected chi connectivity index (χ2v) is 4.66. The van der Waals surface area contributed by atoms with E-state index in [0.29, 0.717) is 11.3 Å². The molecule has 0 saturated heterocycles. The maximum Gasteiger partial charge on any atom is 0.308 e. The van der Waals surface area contributed by atoms with Gasteiger partial charge in [-0.3, -0.25) is 4.79 Å². The summed E-state index contributed by atoms with van der Waals surface area (Å²) in [6.45, 7) is 3.25. The molecule has 0 bridgehead atoms. The number of hydrogen-bond acceptors (Lipinski definition) is 4. The van der Waals surface area contributed by atoms with Crippen LogP contribution in [0.1, 0.15) is 12.7 Å². The fourth-order valence-electron chi connectivity index (χ4n) is 2.35. The number of furan rings is 1. The number of fused-ring (bicyclic) bond motifs is 2. The van der Waals surface area contributed by atoms with Crippen molar-refractivity contribution in [2.24, 2.45) is 0 Å². The molecule has 20 heavy (non-hydrogen) atoms. The van der Waals surface area contributed by atoms with Crippen LogP contribution in [-0.2, 0) is 4.79 Å². The third kappa shape index (κ3) is 1.99. The Labute approximate surface area is 115 Å². The molecule has 4 heteroatoms. The van der Waals surface area contributed by atoms with Crippen molar-refractivity contribution in [1.29, 1.82) is 0 Å². The Kier molecular flexibility index (Phi) is 2.86. The number of esters is 1. The Hall–Kier alpha value is -2.49. The van der Waals surface area contributed by atoms with Crippen LogP contribution in [0, 0.1) is 6.92 Å². The minimum absolute atomic E-state index is 0.353. The second kappa shape index (κ2) is 4.56. The van der Waals surface area contributed by atoms with Crippen LogP contribution in [0.15, 0.2) is 34.7 Å². The Morgan fingerprint density at radius 2 is 1.95 bits per heavy atom. The van der Waals surface area contributed by atoms with Gasteiger partial charge in [-0.2, -0.15) is 0 Å². The molecule has 0 amide bonds. The average Bonchev–Trinajstić information content (AvgIpc) is 2.77. The largest absolute Gasteiger partial charge is 0.497 e. The van der Waals surface area contributed by atoms with Gasteiger partial charge in [0.25, 0.3) is 0 Å². The molecule has 102 valence electrons. The van der Waals surface area contributed by atoms with Crippen LogP contribution >= 0.6 is 0 Å². The summed E-state index contributed by atoms with van der Waals surface area (Å²) in [7, 11) is 1.61. The van der Waals surface area contributed by atoms with Crippen LogP contribution in [0.4, 0.5) is 0 Å². The van der Waals surface area contributed by atoms with E-state index in [2.05, 4.69) is 0 Å². The summed E-state index contributed by atoms with van der Waals surface area (Å²) in [5.74, 6) is 1.70. The highest BCUT2D eigenvalue weighted by molar-refractivity contribution is 6.05. The van der Waals surface area contributed by atoms with Crippen molar-refractivity contribution in [3.05, 3.63) is 36.1 Å². The van der Waals surface area contributed by atoms with Crippen molar-refractivity contribution in [2.45, 2.75) is 13.8 Å². The zero-order valence-electron chi connectivity index (χ0n) is 11.5. The van der Waals surface area contributed by atoms with Crippen LogP contribution in [-0.4, -0.2) is 13.1 Å². The maximum absolute atomic E-state index is 11.4. The molecular weight excluding hydrogens is 256 g/mol. The fraction of sp³-hybridized carbons (Fsp3) is 0.188. The molecule has 0 spiro atoms. The van der Waals surface area contributed by atoms with Gasteiger partial charge in [0.15, 0.2) is 0 Å². The Morgan fingerprint density at radius 1 is 1.15 bits per heavy atom. The predicted octanol–water partition coefficient (Wildman–Crippen LogP) is 3.83. The first-order chi connectivity index (χ1) is 9.58. The van der Waals surface area contributed by atoms with Gasteiger partial charge in [-0.05, 0) is 42.6 Å². The maximum atomic E-state index is 11.4. The molecule has 3 aromatic rings. The van der Waals surface area contributed by atoms with Gasteiger partial charge in [0.2, 0.25) is 0 Å². The second-order valence-electron chi connectivity index (χ2n) is 4.66. The smallest absolute Gasteiger partial charge is 0.308 e. The molecule has 0 fully saturated rings. The Bertz CT molecular complexity index is 814. The van der Waals surface area contributed by atoms with Gasteiger partial charge >= 0.3 is 5.97 Å². The summed E-state index contributed by atoms with van der Waals surface area (Å²) in [6, 6.07) is 9.41. The number of aryl methyl sites for hydroxylation is 1. The van der Waals surface area contributed by atoms with Gasteiger partial charge in [-0.1, -0.05) is 0 Å². The van der Waals surface area contributed by atoms with Gasteiger partial charge in [0, 0.05) is 12.3 Å². The molecule has 4 nitrogen and oxygen atoms in total. The van der Waals surface area contributed by atoms with E-state index in [-0.39, 0.29) is 5.97 Å².